The minimum absolute atomic E-state index is 0.167. The van der Waals surface area contributed by atoms with Crippen LogP contribution in [-0.4, -0.2) is 0 Å². The van der Waals surface area contributed by atoms with Crippen molar-refractivity contribution >= 4 is 15.9 Å². The fraction of sp³-hybridized carbons (Fsp3) is 0.500. The molecule has 14 heavy (non-hydrogen) atoms. The summed E-state index contributed by atoms with van der Waals surface area (Å²) in [7, 11) is 0. The molecule has 0 saturated heterocycles. The van der Waals surface area contributed by atoms with Gasteiger partial charge in [-0.1, -0.05) is 43.6 Å². The van der Waals surface area contributed by atoms with Crippen molar-refractivity contribution in [2.45, 2.75) is 40.0 Å². The van der Waals surface area contributed by atoms with Crippen LogP contribution in [0.4, 0.5) is 4.39 Å². The lowest BCUT2D eigenvalue weighted by molar-refractivity contribution is 0.618. The third kappa shape index (κ3) is 4.23. The van der Waals surface area contributed by atoms with Crippen LogP contribution >= 0.6 is 15.9 Å². The maximum Gasteiger partial charge on any atom is 0.124 e. The Hall–Kier alpha value is -0.370. The molecule has 1 aromatic rings. The summed E-state index contributed by atoms with van der Waals surface area (Å²) in [5, 5.41) is 0. The lowest BCUT2D eigenvalue weighted by atomic mass is 9.99. The van der Waals surface area contributed by atoms with Crippen LogP contribution < -0.4 is 0 Å². The average Bonchev–Trinajstić information content (AvgIpc) is 2.18. The zero-order chi connectivity index (χ0) is 11.1. The second kappa shape index (κ2) is 6.99. The highest BCUT2D eigenvalue weighted by molar-refractivity contribution is 9.10. The van der Waals surface area contributed by atoms with Gasteiger partial charge in [0.2, 0.25) is 0 Å². The molecule has 80 valence electrons. The largest absolute Gasteiger partial charge is 0.207 e. The van der Waals surface area contributed by atoms with Gasteiger partial charge in [0.15, 0.2) is 0 Å². The van der Waals surface area contributed by atoms with E-state index in [4.69, 9.17) is 0 Å². The second-order valence-corrected chi connectivity index (χ2v) is 3.93. The Bertz CT molecular complexity index is 251. The first-order valence-corrected chi connectivity index (χ1v) is 5.88. The van der Waals surface area contributed by atoms with Gasteiger partial charge in [0, 0.05) is 4.47 Å². The molecule has 0 nitrogen and oxygen atoms in total. The van der Waals surface area contributed by atoms with Crippen LogP contribution in [0, 0.1) is 5.82 Å². The maximum atomic E-state index is 12.9. The highest BCUT2D eigenvalue weighted by atomic mass is 79.9. The predicted octanol–water partition coefficient (Wildman–Crippen LogP) is 5.13. The molecule has 2 heteroatoms. The highest BCUT2D eigenvalue weighted by Gasteiger charge is 2.04. The van der Waals surface area contributed by atoms with Gasteiger partial charge in [0.25, 0.3) is 0 Å². The van der Waals surface area contributed by atoms with E-state index in [0.29, 0.717) is 5.92 Å². The molecule has 1 rings (SSSR count). The Labute approximate surface area is 94.7 Å². The minimum Gasteiger partial charge on any atom is -0.207 e. The first-order valence-electron chi connectivity index (χ1n) is 5.09. The van der Waals surface area contributed by atoms with Gasteiger partial charge in [-0.05, 0) is 36.1 Å². The molecular formula is C12H18BrF. The SMILES string of the molecule is CC.CCC(C)c1cc(F)cc(Br)c1. The molecule has 0 heterocycles. The molecule has 0 fully saturated rings. The summed E-state index contributed by atoms with van der Waals surface area (Å²) < 4.78 is 13.7. The van der Waals surface area contributed by atoms with E-state index in [0.717, 1.165) is 16.5 Å². The Balaban J connectivity index is 0.000000791. The van der Waals surface area contributed by atoms with Crippen LogP contribution in [0.3, 0.4) is 0 Å². The predicted molar refractivity (Wildman–Crippen MR) is 64.2 cm³/mol. The molecule has 0 aliphatic carbocycles. The maximum absolute atomic E-state index is 12.9. The third-order valence-electron chi connectivity index (χ3n) is 2.07. The molecule has 0 spiro atoms. The molecule has 0 saturated carbocycles. The Kier molecular flexibility index (Phi) is 6.81. The Morgan fingerprint density at radius 1 is 1.29 bits per heavy atom. The minimum atomic E-state index is -0.167. The van der Waals surface area contributed by atoms with E-state index < -0.39 is 0 Å². The molecular weight excluding hydrogens is 243 g/mol. The molecule has 0 amide bonds. The van der Waals surface area contributed by atoms with Crippen molar-refractivity contribution in [1.82, 2.24) is 0 Å². The van der Waals surface area contributed by atoms with Crippen molar-refractivity contribution in [3.8, 4) is 0 Å². The second-order valence-electron chi connectivity index (χ2n) is 3.01. The lowest BCUT2D eigenvalue weighted by Crippen LogP contribution is -1.92. The summed E-state index contributed by atoms with van der Waals surface area (Å²) in [5.41, 5.74) is 1.06. The molecule has 0 bridgehead atoms. The third-order valence-corrected chi connectivity index (χ3v) is 2.52. The molecule has 1 unspecified atom stereocenters. The van der Waals surface area contributed by atoms with Crippen molar-refractivity contribution in [2.24, 2.45) is 0 Å². The fourth-order valence-corrected chi connectivity index (χ4v) is 1.58. The average molecular weight is 261 g/mol. The van der Waals surface area contributed by atoms with E-state index in [9.17, 15) is 4.39 Å². The molecule has 0 aliphatic rings. The van der Waals surface area contributed by atoms with Gasteiger partial charge in [-0.15, -0.1) is 0 Å². The molecule has 0 radical (unpaired) electrons. The van der Waals surface area contributed by atoms with Gasteiger partial charge in [0.1, 0.15) is 5.82 Å². The standard InChI is InChI=1S/C10H12BrF.C2H6/c1-3-7(2)8-4-9(11)6-10(12)5-8;1-2/h4-7H,3H2,1-2H3;1-2H3. The van der Waals surface area contributed by atoms with Crippen LogP contribution in [0.1, 0.15) is 45.6 Å². The quantitative estimate of drug-likeness (QED) is 0.692. The normalized spacial score (nSPS) is 11.6. The number of rotatable bonds is 2. The van der Waals surface area contributed by atoms with E-state index >= 15 is 0 Å². The first-order chi connectivity index (χ1) is 6.63. The summed E-state index contributed by atoms with van der Waals surface area (Å²) in [6.07, 6.45) is 1.04. The Morgan fingerprint density at radius 2 is 1.86 bits per heavy atom. The van der Waals surface area contributed by atoms with Crippen molar-refractivity contribution < 1.29 is 4.39 Å². The number of halogens is 2. The summed E-state index contributed by atoms with van der Waals surface area (Å²) >= 11 is 3.27. The summed E-state index contributed by atoms with van der Waals surface area (Å²) in [6.45, 7) is 8.20. The molecule has 1 aromatic carbocycles. The van der Waals surface area contributed by atoms with Gasteiger partial charge in [-0.2, -0.15) is 0 Å². The van der Waals surface area contributed by atoms with Crippen LogP contribution in [-0.2, 0) is 0 Å². The van der Waals surface area contributed by atoms with Gasteiger partial charge < -0.3 is 0 Å². The number of hydrogen-bond donors (Lipinski definition) is 0. The monoisotopic (exact) mass is 260 g/mol. The van der Waals surface area contributed by atoms with Gasteiger partial charge in [-0.3, -0.25) is 0 Å². The van der Waals surface area contributed by atoms with E-state index in [-0.39, 0.29) is 5.82 Å². The van der Waals surface area contributed by atoms with Gasteiger partial charge in [-0.25, -0.2) is 4.39 Å². The van der Waals surface area contributed by atoms with E-state index in [1.165, 1.54) is 6.07 Å². The topological polar surface area (TPSA) is 0 Å². The first kappa shape index (κ1) is 13.6. The number of benzene rings is 1. The summed E-state index contributed by atoms with van der Waals surface area (Å²) in [5.74, 6) is 0.261. The zero-order valence-corrected chi connectivity index (χ0v) is 10.9. The number of hydrogen-bond acceptors (Lipinski definition) is 0. The van der Waals surface area contributed by atoms with Crippen molar-refractivity contribution in [2.75, 3.05) is 0 Å². The van der Waals surface area contributed by atoms with E-state index in [1.54, 1.807) is 6.07 Å². The molecule has 0 N–H and O–H groups in total. The zero-order valence-electron chi connectivity index (χ0n) is 9.27. The van der Waals surface area contributed by atoms with Crippen molar-refractivity contribution in [1.29, 1.82) is 0 Å². The van der Waals surface area contributed by atoms with Crippen LogP contribution in [0.15, 0.2) is 22.7 Å². The highest BCUT2D eigenvalue weighted by Crippen LogP contribution is 2.23. The lowest BCUT2D eigenvalue weighted by Gasteiger charge is -2.08. The van der Waals surface area contributed by atoms with Crippen LogP contribution in [0.2, 0.25) is 0 Å². The van der Waals surface area contributed by atoms with Crippen molar-refractivity contribution in [3.05, 3.63) is 34.1 Å². The van der Waals surface area contributed by atoms with Gasteiger partial charge in [0.05, 0.1) is 0 Å². The smallest absolute Gasteiger partial charge is 0.124 e. The van der Waals surface area contributed by atoms with Crippen LogP contribution in [0.5, 0.6) is 0 Å². The summed E-state index contributed by atoms with van der Waals surface area (Å²) in [6, 6.07) is 5.04. The van der Waals surface area contributed by atoms with Crippen LogP contribution in [0.25, 0.3) is 0 Å². The van der Waals surface area contributed by atoms with E-state index in [1.807, 2.05) is 19.9 Å². The molecule has 0 aliphatic heterocycles. The van der Waals surface area contributed by atoms with Crippen molar-refractivity contribution in [3.63, 3.8) is 0 Å². The van der Waals surface area contributed by atoms with E-state index in [2.05, 4.69) is 29.8 Å². The van der Waals surface area contributed by atoms with Gasteiger partial charge >= 0.3 is 0 Å². The molecule has 0 aromatic heterocycles. The summed E-state index contributed by atoms with van der Waals surface area (Å²) in [4.78, 5) is 0. The fourth-order valence-electron chi connectivity index (χ4n) is 1.10. The Morgan fingerprint density at radius 3 is 2.29 bits per heavy atom. The molecule has 1 atom stereocenters.